The SMILES string of the molecule is O=c1ccn(-c2ccc(Nc3nc4ccccc4s3)cc2)cc1O. The highest BCUT2D eigenvalue weighted by atomic mass is 32.1. The highest BCUT2D eigenvalue weighted by molar-refractivity contribution is 7.22. The molecular formula is C18H13N3O2S. The normalized spacial score (nSPS) is 10.8. The Morgan fingerprint density at radius 1 is 1.04 bits per heavy atom. The van der Waals surface area contributed by atoms with Crippen LogP contribution in [0.2, 0.25) is 0 Å². The summed E-state index contributed by atoms with van der Waals surface area (Å²) in [5, 5.41) is 13.7. The van der Waals surface area contributed by atoms with Crippen molar-refractivity contribution in [2.24, 2.45) is 0 Å². The third-order valence-electron chi connectivity index (χ3n) is 3.61. The van der Waals surface area contributed by atoms with Crippen LogP contribution in [0.25, 0.3) is 15.9 Å². The first kappa shape index (κ1) is 14.5. The van der Waals surface area contributed by atoms with Crippen molar-refractivity contribution in [2.75, 3.05) is 5.32 Å². The van der Waals surface area contributed by atoms with Crippen molar-refractivity contribution in [2.45, 2.75) is 0 Å². The number of para-hydroxylation sites is 1. The van der Waals surface area contributed by atoms with Gasteiger partial charge in [0.1, 0.15) is 0 Å². The van der Waals surface area contributed by atoms with Crippen LogP contribution in [0.1, 0.15) is 0 Å². The van der Waals surface area contributed by atoms with Gasteiger partial charge in [0.2, 0.25) is 5.43 Å². The Morgan fingerprint density at radius 2 is 1.83 bits per heavy atom. The number of hydrogen-bond acceptors (Lipinski definition) is 5. The van der Waals surface area contributed by atoms with Gasteiger partial charge in [-0.1, -0.05) is 23.5 Å². The molecule has 0 saturated carbocycles. The zero-order valence-electron chi connectivity index (χ0n) is 12.5. The van der Waals surface area contributed by atoms with Gasteiger partial charge in [0.05, 0.1) is 16.4 Å². The number of rotatable bonds is 3. The van der Waals surface area contributed by atoms with Gasteiger partial charge >= 0.3 is 0 Å². The molecule has 0 radical (unpaired) electrons. The van der Waals surface area contributed by atoms with Crippen molar-refractivity contribution >= 4 is 32.4 Å². The van der Waals surface area contributed by atoms with Crippen LogP contribution in [0.4, 0.5) is 10.8 Å². The first-order chi connectivity index (χ1) is 11.7. The molecule has 0 aliphatic rings. The van der Waals surface area contributed by atoms with Crippen LogP contribution < -0.4 is 10.7 Å². The lowest BCUT2D eigenvalue weighted by atomic mass is 10.2. The quantitative estimate of drug-likeness (QED) is 0.596. The van der Waals surface area contributed by atoms with E-state index in [0.717, 1.165) is 26.7 Å². The molecule has 4 rings (SSSR count). The van der Waals surface area contributed by atoms with Gasteiger partial charge in [-0.3, -0.25) is 4.79 Å². The van der Waals surface area contributed by atoms with Crippen LogP contribution in [0, 0.1) is 0 Å². The Balaban J connectivity index is 1.59. The second-order valence-corrected chi connectivity index (χ2v) is 6.29. The summed E-state index contributed by atoms with van der Waals surface area (Å²) in [5.41, 5.74) is 2.36. The van der Waals surface area contributed by atoms with E-state index in [4.69, 9.17) is 0 Å². The van der Waals surface area contributed by atoms with Crippen LogP contribution >= 0.6 is 11.3 Å². The van der Waals surface area contributed by atoms with E-state index in [9.17, 15) is 9.90 Å². The Kier molecular flexibility index (Phi) is 3.51. The molecule has 0 unspecified atom stereocenters. The lowest BCUT2D eigenvalue weighted by molar-refractivity contribution is 0.465. The molecule has 118 valence electrons. The van der Waals surface area contributed by atoms with E-state index in [1.54, 1.807) is 22.1 Å². The number of nitrogens with one attached hydrogen (secondary N) is 1. The van der Waals surface area contributed by atoms with Crippen molar-refractivity contribution < 1.29 is 5.11 Å². The summed E-state index contributed by atoms with van der Waals surface area (Å²) < 4.78 is 2.83. The van der Waals surface area contributed by atoms with Gasteiger partial charge < -0.3 is 15.0 Å². The molecule has 0 saturated heterocycles. The van der Waals surface area contributed by atoms with Crippen LogP contribution in [-0.4, -0.2) is 14.7 Å². The monoisotopic (exact) mass is 335 g/mol. The van der Waals surface area contributed by atoms with Gasteiger partial charge in [0.25, 0.3) is 0 Å². The topological polar surface area (TPSA) is 67.2 Å². The Bertz CT molecular complexity index is 1030. The third kappa shape index (κ3) is 2.75. The van der Waals surface area contributed by atoms with E-state index in [1.807, 2.05) is 48.5 Å². The number of fused-ring (bicyclic) bond motifs is 1. The largest absolute Gasteiger partial charge is 0.503 e. The maximum Gasteiger partial charge on any atom is 0.223 e. The maximum atomic E-state index is 11.3. The molecule has 2 N–H and O–H groups in total. The average Bonchev–Trinajstić information content (AvgIpc) is 3.00. The van der Waals surface area contributed by atoms with Gasteiger partial charge in [-0.05, 0) is 36.4 Å². The van der Waals surface area contributed by atoms with E-state index in [-0.39, 0.29) is 11.2 Å². The minimum absolute atomic E-state index is 0.269. The van der Waals surface area contributed by atoms with Crippen molar-refractivity contribution in [3.05, 3.63) is 77.2 Å². The fraction of sp³-hybridized carbons (Fsp3) is 0. The number of aromatic hydroxyl groups is 1. The number of thiazole rings is 1. The van der Waals surface area contributed by atoms with Crippen molar-refractivity contribution in [3.63, 3.8) is 0 Å². The predicted octanol–water partition coefficient (Wildman–Crippen LogP) is 3.90. The van der Waals surface area contributed by atoms with Crippen molar-refractivity contribution in [1.82, 2.24) is 9.55 Å². The number of pyridine rings is 1. The maximum absolute atomic E-state index is 11.3. The Hall–Kier alpha value is -3.12. The average molecular weight is 335 g/mol. The lowest BCUT2D eigenvalue weighted by Gasteiger charge is -2.08. The van der Waals surface area contributed by atoms with Crippen molar-refractivity contribution in [3.8, 4) is 11.4 Å². The summed E-state index contributed by atoms with van der Waals surface area (Å²) >= 11 is 1.60. The molecule has 24 heavy (non-hydrogen) atoms. The van der Waals surface area contributed by atoms with Gasteiger partial charge in [0, 0.05) is 23.6 Å². The third-order valence-corrected chi connectivity index (χ3v) is 4.56. The predicted molar refractivity (Wildman–Crippen MR) is 96.6 cm³/mol. The summed E-state index contributed by atoms with van der Waals surface area (Å²) in [7, 11) is 0. The van der Waals surface area contributed by atoms with E-state index in [2.05, 4.69) is 10.3 Å². The second kappa shape index (κ2) is 5.82. The molecule has 0 fully saturated rings. The van der Waals surface area contributed by atoms with Crippen LogP contribution in [0.5, 0.6) is 5.75 Å². The summed E-state index contributed by atoms with van der Waals surface area (Å²) in [6, 6.07) is 17.0. The minimum atomic E-state index is -0.389. The molecule has 2 aromatic carbocycles. The van der Waals surface area contributed by atoms with E-state index in [0.29, 0.717) is 0 Å². The van der Waals surface area contributed by atoms with E-state index >= 15 is 0 Å². The molecule has 0 aliphatic heterocycles. The summed E-state index contributed by atoms with van der Waals surface area (Å²) in [6.07, 6.45) is 3.02. The molecule has 0 aliphatic carbocycles. The van der Waals surface area contributed by atoms with Gasteiger partial charge in [-0.25, -0.2) is 4.98 Å². The smallest absolute Gasteiger partial charge is 0.223 e. The molecule has 4 aromatic rings. The van der Waals surface area contributed by atoms with E-state index < -0.39 is 0 Å². The number of benzene rings is 2. The fourth-order valence-corrected chi connectivity index (χ4v) is 3.28. The molecule has 0 amide bonds. The molecule has 5 nitrogen and oxygen atoms in total. The van der Waals surface area contributed by atoms with Crippen LogP contribution in [0.3, 0.4) is 0 Å². The summed E-state index contributed by atoms with van der Waals surface area (Å²) in [4.78, 5) is 15.8. The highest BCUT2D eigenvalue weighted by Crippen LogP contribution is 2.28. The minimum Gasteiger partial charge on any atom is -0.503 e. The molecule has 0 spiro atoms. The number of hydrogen-bond donors (Lipinski definition) is 2. The number of aromatic nitrogens is 2. The lowest BCUT2D eigenvalue weighted by Crippen LogP contribution is -2.03. The second-order valence-electron chi connectivity index (χ2n) is 5.26. The summed E-state index contributed by atoms with van der Waals surface area (Å²) in [6.45, 7) is 0. The zero-order chi connectivity index (χ0) is 16.5. The Labute approximate surface area is 141 Å². The molecule has 0 atom stereocenters. The standard InChI is InChI=1S/C18H13N3O2S/c22-15-9-10-21(11-16(15)23)13-7-5-12(6-8-13)19-18-20-14-3-1-2-4-17(14)24-18/h1-11,23H,(H,19,20). The van der Waals surface area contributed by atoms with Crippen molar-refractivity contribution in [1.29, 1.82) is 0 Å². The first-order valence-corrected chi connectivity index (χ1v) is 8.15. The molecule has 2 heterocycles. The van der Waals surface area contributed by atoms with Gasteiger partial charge in [-0.2, -0.15) is 0 Å². The molecule has 2 aromatic heterocycles. The van der Waals surface area contributed by atoms with E-state index in [1.165, 1.54) is 12.3 Å². The number of anilines is 2. The van der Waals surface area contributed by atoms with Gasteiger partial charge in [-0.15, -0.1) is 0 Å². The zero-order valence-corrected chi connectivity index (χ0v) is 13.3. The fourth-order valence-electron chi connectivity index (χ4n) is 2.40. The first-order valence-electron chi connectivity index (χ1n) is 7.33. The summed E-state index contributed by atoms with van der Waals surface area (Å²) in [5.74, 6) is -0.269. The number of nitrogens with zero attached hydrogens (tertiary/aromatic N) is 2. The van der Waals surface area contributed by atoms with Gasteiger partial charge in [0.15, 0.2) is 10.9 Å². The molecular weight excluding hydrogens is 322 g/mol. The Morgan fingerprint density at radius 3 is 2.58 bits per heavy atom. The molecule has 0 bridgehead atoms. The van der Waals surface area contributed by atoms with Crippen LogP contribution in [-0.2, 0) is 0 Å². The van der Waals surface area contributed by atoms with Crippen LogP contribution in [0.15, 0.2) is 71.8 Å². The molecule has 6 heteroatoms. The highest BCUT2D eigenvalue weighted by Gasteiger charge is 2.04.